The molecule has 1 N–H and O–H groups in total. The second-order valence-electron chi connectivity index (χ2n) is 7.05. The average molecular weight is 362 g/mol. The van der Waals surface area contributed by atoms with Crippen LogP contribution in [0.4, 0.5) is 0 Å². The average Bonchev–Trinajstić information content (AvgIpc) is 3.19. The SMILES string of the molecule is C[C@@H]1CCc2c(sc3ncnc(SCC(=O)NC4CCCC4)c23)C1. The zero-order valence-electron chi connectivity index (χ0n) is 14.0. The van der Waals surface area contributed by atoms with Crippen LogP contribution in [0.5, 0.6) is 0 Å². The van der Waals surface area contributed by atoms with E-state index in [1.54, 1.807) is 18.1 Å². The summed E-state index contributed by atoms with van der Waals surface area (Å²) in [6, 6.07) is 0.388. The first kappa shape index (κ1) is 16.3. The van der Waals surface area contributed by atoms with Gasteiger partial charge in [0.05, 0.1) is 5.75 Å². The number of thiophene rings is 1. The van der Waals surface area contributed by atoms with Gasteiger partial charge in [0.2, 0.25) is 5.91 Å². The third-order valence-corrected chi connectivity index (χ3v) is 7.27. The zero-order chi connectivity index (χ0) is 16.5. The van der Waals surface area contributed by atoms with Crippen molar-refractivity contribution in [3.05, 3.63) is 16.8 Å². The van der Waals surface area contributed by atoms with E-state index in [0.29, 0.717) is 11.8 Å². The number of thioether (sulfide) groups is 1. The minimum atomic E-state index is 0.136. The van der Waals surface area contributed by atoms with E-state index in [1.165, 1.54) is 35.1 Å². The molecule has 0 unspecified atom stereocenters. The van der Waals surface area contributed by atoms with E-state index in [-0.39, 0.29) is 5.91 Å². The molecule has 6 heteroatoms. The summed E-state index contributed by atoms with van der Waals surface area (Å²) >= 11 is 3.38. The molecule has 1 fully saturated rings. The van der Waals surface area contributed by atoms with Crippen LogP contribution in [-0.2, 0) is 17.6 Å². The lowest BCUT2D eigenvalue weighted by Crippen LogP contribution is -2.33. The summed E-state index contributed by atoms with van der Waals surface area (Å²) in [7, 11) is 0. The van der Waals surface area contributed by atoms with Gasteiger partial charge in [-0.15, -0.1) is 11.3 Å². The maximum atomic E-state index is 12.2. The Morgan fingerprint density at radius 1 is 1.33 bits per heavy atom. The highest BCUT2D eigenvalue weighted by atomic mass is 32.2. The second kappa shape index (κ2) is 7.00. The number of aromatic nitrogens is 2. The molecule has 1 amide bonds. The van der Waals surface area contributed by atoms with Gasteiger partial charge < -0.3 is 5.32 Å². The normalized spacial score (nSPS) is 21.1. The third kappa shape index (κ3) is 3.31. The number of carbonyl (C=O) groups is 1. The first-order chi connectivity index (χ1) is 11.7. The van der Waals surface area contributed by atoms with Crippen LogP contribution in [0.25, 0.3) is 10.2 Å². The van der Waals surface area contributed by atoms with Crippen molar-refractivity contribution in [2.45, 2.75) is 62.9 Å². The quantitative estimate of drug-likeness (QED) is 0.661. The lowest BCUT2D eigenvalue weighted by Gasteiger charge is -2.18. The Morgan fingerprint density at radius 3 is 3.00 bits per heavy atom. The molecule has 4 nitrogen and oxygen atoms in total. The molecule has 128 valence electrons. The topological polar surface area (TPSA) is 54.9 Å². The number of hydrogen-bond donors (Lipinski definition) is 1. The lowest BCUT2D eigenvalue weighted by atomic mass is 9.89. The van der Waals surface area contributed by atoms with E-state index in [2.05, 4.69) is 22.2 Å². The fraction of sp³-hybridized carbons (Fsp3) is 0.611. The number of carbonyl (C=O) groups excluding carboxylic acids is 1. The van der Waals surface area contributed by atoms with E-state index >= 15 is 0 Å². The predicted octanol–water partition coefficient (Wildman–Crippen LogP) is 3.97. The van der Waals surface area contributed by atoms with Crippen LogP contribution >= 0.6 is 23.1 Å². The van der Waals surface area contributed by atoms with Crippen molar-refractivity contribution in [2.24, 2.45) is 5.92 Å². The van der Waals surface area contributed by atoms with Crippen LogP contribution in [0.2, 0.25) is 0 Å². The van der Waals surface area contributed by atoms with Crippen LogP contribution in [0.1, 0.15) is 49.5 Å². The third-order valence-electron chi connectivity index (χ3n) is 5.12. The molecule has 2 aliphatic rings. The standard InChI is InChI=1S/C18H23N3OS2/c1-11-6-7-13-14(8-11)24-18-16(13)17(19-10-20-18)23-9-15(22)21-12-4-2-3-5-12/h10-12H,2-9H2,1H3,(H,21,22)/t11-/m1/s1. The Hall–Kier alpha value is -1.14. The highest BCUT2D eigenvalue weighted by Gasteiger charge is 2.23. The molecular weight excluding hydrogens is 338 g/mol. The zero-order valence-corrected chi connectivity index (χ0v) is 15.6. The van der Waals surface area contributed by atoms with Gasteiger partial charge in [-0.05, 0) is 43.6 Å². The summed E-state index contributed by atoms with van der Waals surface area (Å²) in [6.45, 7) is 2.32. The molecule has 1 atom stereocenters. The summed E-state index contributed by atoms with van der Waals surface area (Å²) < 4.78 is 0. The largest absolute Gasteiger partial charge is 0.353 e. The lowest BCUT2D eigenvalue weighted by molar-refractivity contribution is -0.119. The summed E-state index contributed by atoms with van der Waals surface area (Å²) in [5, 5.41) is 5.35. The number of nitrogens with one attached hydrogen (secondary N) is 1. The number of fused-ring (bicyclic) bond motifs is 3. The van der Waals surface area contributed by atoms with Gasteiger partial charge in [-0.25, -0.2) is 9.97 Å². The van der Waals surface area contributed by atoms with Crippen molar-refractivity contribution in [1.29, 1.82) is 0 Å². The molecule has 0 radical (unpaired) electrons. The van der Waals surface area contributed by atoms with Crippen molar-refractivity contribution in [3.63, 3.8) is 0 Å². The fourth-order valence-electron chi connectivity index (χ4n) is 3.83. The first-order valence-electron chi connectivity index (χ1n) is 8.88. The predicted molar refractivity (Wildman–Crippen MR) is 99.7 cm³/mol. The van der Waals surface area contributed by atoms with Gasteiger partial charge in [-0.2, -0.15) is 0 Å². The van der Waals surface area contributed by atoms with Crippen LogP contribution in [0, 0.1) is 5.92 Å². The van der Waals surface area contributed by atoms with Crippen LogP contribution in [0.15, 0.2) is 11.4 Å². The molecule has 2 aromatic heterocycles. The van der Waals surface area contributed by atoms with Gasteiger partial charge in [-0.3, -0.25) is 4.79 Å². The Labute approximate surface area is 150 Å². The van der Waals surface area contributed by atoms with Crippen molar-refractivity contribution in [2.75, 3.05) is 5.75 Å². The van der Waals surface area contributed by atoms with Crippen molar-refractivity contribution < 1.29 is 4.79 Å². The Morgan fingerprint density at radius 2 is 2.17 bits per heavy atom. The Kier molecular flexibility index (Phi) is 4.77. The van der Waals surface area contributed by atoms with Crippen LogP contribution < -0.4 is 5.32 Å². The molecular formula is C18H23N3OS2. The van der Waals surface area contributed by atoms with E-state index in [1.807, 2.05) is 11.3 Å². The van der Waals surface area contributed by atoms with E-state index in [0.717, 1.165) is 41.5 Å². The number of amides is 1. The fourth-order valence-corrected chi connectivity index (χ4v) is 6.08. The number of rotatable bonds is 4. The molecule has 0 aromatic carbocycles. The molecule has 4 rings (SSSR count). The second-order valence-corrected chi connectivity index (χ2v) is 9.10. The monoisotopic (exact) mass is 361 g/mol. The van der Waals surface area contributed by atoms with Gasteiger partial charge >= 0.3 is 0 Å². The van der Waals surface area contributed by atoms with Gasteiger partial charge in [0, 0.05) is 16.3 Å². The molecule has 24 heavy (non-hydrogen) atoms. The molecule has 0 bridgehead atoms. The van der Waals surface area contributed by atoms with E-state index in [9.17, 15) is 4.79 Å². The number of hydrogen-bond acceptors (Lipinski definition) is 5. The maximum Gasteiger partial charge on any atom is 0.230 e. The molecule has 2 aromatic rings. The molecule has 0 aliphatic heterocycles. The first-order valence-corrected chi connectivity index (χ1v) is 10.7. The Bertz CT molecular complexity index is 752. The number of nitrogens with zero attached hydrogens (tertiary/aromatic N) is 2. The molecule has 2 aliphatic carbocycles. The Balaban J connectivity index is 1.50. The molecule has 0 spiro atoms. The van der Waals surface area contributed by atoms with Crippen molar-refractivity contribution in [1.82, 2.24) is 15.3 Å². The summed E-state index contributed by atoms with van der Waals surface area (Å²) in [5.74, 6) is 1.34. The van der Waals surface area contributed by atoms with Crippen molar-refractivity contribution >= 4 is 39.2 Å². The molecule has 0 saturated heterocycles. The number of aryl methyl sites for hydroxylation is 1. The van der Waals surface area contributed by atoms with Gasteiger partial charge in [0.25, 0.3) is 0 Å². The summed E-state index contributed by atoms with van der Waals surface area (Å²) in [5.41, 5.74) is 1.44. The van der Waals surface area contributed by atoms with E-state index in [4.69, 9.17) is 0 Å². The molecule has 1 saturated carbocycles. The van der Waals surface area contributed by atoms with Gasteiger partial charge in [0.15, 0.2) is 0 Å². The molecule has 2 heterocycles. The minimum absolute atomic E-state index is 0.136. The van der Waals surface area contributed by atoms with Gasteiger partial charge in [0.1, 0.15) is 16.2 Å². The highest BCUT2D eigenvalue weighted by Crippen LogP contribution is 2.40. The van der Waals surface area contributed by atoms with Crippen LogP contribution in [0.3, 0.4) is 0 Å². The van der Waals surface area contributed by atoms with Crippen molar-refractivity contribution in [3.8, 4) is 0 Å². The maximum absolute atomic E-state index is 12.2. The minimum Gasteiger partial charge on any atom is -0.353 e. The smallest absolute Gasteiger partial charge is 0.230 e. The summed E-state index contributed by atoms with van der Waals surface area (Å²) in [6.07, 6.45) is 9.89. The summed E-state index contributed by atoms with van der Waals surface area (Å²) in [4.78, 5) is 23.7. The van der Waals surface area contributed by atoms with E-state index < -0.39 is 0 Å². The van der Waals surface area contributed by atoms with Crippen LogP contribution in [-0.4, -0.2) is 27.7 Å². The highest BCUT2D eigenvalue weighted by molar-refractivity contribution is 8.00. The van der Waals surface area contributed by atoms with Gasteiger partial charge in [-0.1, -0.05) is 31.5 Å².